The Morgan fingerprint density at radius 1 is 1.47 bits per heavy atom. The van der Waals surface area contributed by atoms with Gasteiger partial charge in [0, 0.05) is 0 Å². The molecule has 0 spiro atoms. The van der Waals surface area contributed by atoms with Gasteiger partial charge in [0.1, 0.15) is 0 Å². The fraction of sp³-hybridized carbons (Fsp3) is 0.300. The zero-order valence-corrected chi connectivity index (χ0v) is 10.1. The molecule has 1 aromatic carbocycles. The fourth-order valence-electron chi connectivity index (χ4n) is 1.14. The number of carbonyl (C=O) groups is 1. The SMILES string of the molecule is CCCNC(=O)c1ccccc1[Se](=O)O. The van der Waals surface area contributed by atoms with Gasteiger partial charge in [-0.3, -0.25) is 0 Å². The van der Waals surface area contributed by atoms with E-state index in [4.69, 9.17) is 4.19 Å². The fourth-order valence-corrected chi connectivity index (χ4v) is 2.28. The molecule has 0 aliphatic rings. The Morgan fingerprint density at radius 3 is 2.73 bits per heavy atom. The van der Waals surface area contributed by atoms with Crippen molar-refractivity contribution in [2.45, 2.75) is 13.3 Å². The monoisotopic (exact) mass is 275 g/mol. The van der Waals surface area contributed by atoms with Crippen molar-refractivity contribution in [3.05, 3.63) is 29.8 Å². The number of hydrogen-bond donors (Lipinski definition) is 2. The zero-order chi connectivity index (χ0) is 11.3. The Morgan fingerprint density at radius 2 is 2.13 bits per heavy atom. The average Bonchev–Trinajstić information content (AvgIpc) is 2.25. The van der Waals surface area contributed by atoms with Crippen LogP contribution >= 0.6 is 0 Å². The molecule has 0 saturated carbocycles. The normalized spacial score (nSPS) is 12.1. The van der Waals surface area contributed by atoms with Gasteiger partial charge in [0.2, 0.25) is 0 Å². The molecule has 82 valence electrons. The van der Waals surface area contributed by atoms with E-state index < -0.39 is 14.2 Å². The molecule has 0 bridgehead atoms. The van der Waals surface area contributed by atoms with E-state index in [0.717, 1.165) is 6.42 Å². The first-order valence-electron chi connectivity index (χ1n) is 4.65. The minimum absolute atomic E-state index is 0.242. The van der Waals surface area contributed by atoms with Crippen molar-refractivity contribution in [3.63, 3.8) is 0 Å². The van der Waals surface area contributed by atoms with E-state index in [2.05, 4.69) is 5.32 Å². The predicted molar refractivity (Wildman–Crippen MR) is 57.4 cm³/mol. The first-order chi connectivity index (χ1) is 7.16. The number of rotatable bonds is 4. The van der Waals surface area contributed by atoms with Gasteiger partial charge < -0.3 is 0 Å². The maximum atomic E-state index is 11.6. The quantitative estimate of drug-likeness (QED) is 0.756. The van der Waals surface area contributed by atoms with Crippen LogP contribution in [0.1, 0.15) is 23.7 Å². The summed E-state index contributed by atoms with van der Waals surface area (Å²) in [6.45, 7) is 2.52. The third-order valence-corrected chi connectivity index (χ3v) is 3.39. The van der Waals surface area contributed by atoms with Gasteiger partial charge in [0.25, 0.3) is 0 Å². The molecule has 0 aliphatic heterocycles. The van der Waals surface area contributed by atoms with Crippen molar-refractivity contribution < 1.29 is 12.8 Å². The van der Waals surface area contributed by atoms with Gasteiger partial charge in [-0.2, -0.15) is 0 Å². The molecule has 0 radical (unpaired) electrons. The van der Waals surface area contributed by atoms with Gasteiger partial charge in [0.05, 0.1) is 0 Å². The van der Waals surface area contributed by atoms with Crippen LogP contribution in [-0.4, -0.2) is 30.8 Å². The number of carbonyl (C=O) groups excluding carboxylic acids is 1. The Balaban J connectivity index is 2.92. The van der Waals surface area contributed by atoms with Gasteiger partial charge >= 0.3 is 92.4 Å². The molecule has 0 heterocycles. The van der Waals surface area contributed by atoms with E-state index >= 15 is 0 Å². The summed E-state index contributed by atoms with van der Waals surface area (Å²) in [5, 5.41) is 2.67. The number of hydrogen-bond acceptors (Lipinski definition) is 2. The van der Waals surface area contributed by atoms with E-state index in [1.54, 1.807) is 18.2 Å². The van der Waals surface area contributed by atoms with Crippen LogP contribution in [0.3, 0.4) is 0 Å². The van der Waals surface area contributed by atoms with Crippen molar-refractivity contribution in [1.29, 1.82) is 0 Å². The third-order valence-electron chi connectivity index (χ3n) is 1.86. The molecule has 0 aromatic heterocycles. The Hall–Kier alpha value is -1.03. The first-order valence-corrected chi connectivity index (χ1v) is 6.97. The van der Waals surface area contributed by atoms with Gasteiger partial charge in [-0.1, -0.05) is 0 Å². The maximum absolute atomic E-state index is 11.6. The van der Waals surface area contributed by atoms with E-state index in [1.165, 1.54) is 6.07 Å². The van der Waals surface area contributed by atoms with Crippen LogP contribution in [0, 0.1) is 0 Å². The molecule has 1 rings (SSSR count). The summed E-state index contributed by atoms with van der Waals surface area (Å²) in [5.41, 5.74) is 0.299. The van der Waals surface area contributed by atoms with Crippen LogP contribution in [-0.2, 0) is 3.83 Å². The van der Waals surface area contributed by atoms with Crippen LogP contribution in [0.2, 0.25) is 0 Å². The van der Waals surface area contributed by atoms with Gasteiger partial charge in [-0.25, -0.2) is 0 Å². The molecule has 0 aliphatic carbocycles. The van der Waals surface area contributed by atoms with Gasteiger partial charge in [-0.15, -0.1) is 0 Å². The van der Waals surface area contributed by atoms with Crippen LogP contribution < -0.4 is 9.78 Å². The van der Waals surface area contributed by atoms with Crippen LogP contribution in [0.15, 0.2) is 24.3 Å². The van der Waals surface area contributed by atoms with E-state index in [1.807, 2.05) is 6.92 Å². The van der Waals surface area contributed by atoms with E-state index in [0.29, 0.717) is 12.1 Å². The van der Waals surface area contributed by atoms with Gasteiger partial charge in [-0.05, 0) is 0 Å². The molecular formula is C10H13NO3Se. The zero-order valence-electron chi connectivity index (χ0n) is 8.40. The Kier molecular flexibility index (Phi) is 4.62. The molecular weight excluding hydrogens is 261 g/mol. The predicted octanol–water partition coefficient (Wildman–Crippen LogP) is -0.0556. The summed E-state index contributed by atoms with van der Waals surface area (Å²) >= 11 is -3.04. The topological polar surface area (TPSA) is 66.4 Å². The van der Waals surface area contributed by atoms with Crippen molar-refractivity contribution >= 4 is 24.5 Å². The molecule has 5 heteroatoms. The minimum atomic E-state index is -3.04. The molecule has 1 atom stereocenters. The second-order valence-corrected chi connectivity index (χ2v) is 4.97. The molecule has 4 nitrogen and oxygen atoms in total. The summed E-state index contributed by atoms with van der Waals surface area (Å²) in [6.07, 6.45) is 0.837. The number of nitrogens with one attached hydrogen (secondary N) is 1. The summed E-state index contributed by atoms with van der Waals surface area (Å²) in [7, 11) is 0. The molecule has 0 fully saturated rings. The second kappa shape index (κ2) is 5.75. The second-order valence-electron chi connectivity index (χ2n) is 3.00. The van der Waals surface area contributed by atoms with Crippen molar-refractivity contribution in [2.24, 2.45) is 0 Å². The van der Waals surface area contributed by atoms with Crippen molar-refractivity contribution in [1.82, 2.24) is 5.32 Å². The third kappa shape index (κ3) is 3.23. The molecule has 0 saturated heterocycles. The molecule has 1 amide bonds. The first kappa shape index (κ1) is 12.0. The van der Waals surface area contributed by atoms with E-state index in [-0.39, 0.29) is 10.4 Å². The molecule has 1 aromatic rings. The van der Waals surface area contributed by atoms with Crippen LogP contribution in [0.25, 0.3) is 0 Å². The standard InChI is InChI=1S/C10H13NO3Se/c1-2-7-11-10(12)8-5-3-4-6-9(8)15(13)14/h3-6H,2,7H2,1H3,(H,11,12)(H,13,14). The molecule has 15 heavy (non-hydrogen) atoms. The summed E-state index contributed by atoms with van der Waals surface area (Å²) < 4.78 is 20.3. The van der Waals surface area contributed by atoms with Crippen molar-refractivity contribution in [3.8, 4) is 0 Å². The molecule has 1 unspecified atom stereocenters. The van der Waals surface area contributed by atoms with Crippen LogP contribution in [0.4, 0.5) is 0 Å². The number of benzene rings is 1. The summed E-state index contributed by atoms with van der Waals surface area (Å²) in [5.74, 6) is -0.286. The van der Waals surface area contributed by atoms with Crippen LogP contribution in [0.5, 0.6) is 0 Å². The summed E-state index contributed by atoms with van der Waals surface area (Å²) in [6, 6.07) is 6.40. The Bertz CT molecular complexity index is 379. The average molecular weight is 274 g/mol. The van der Waals surface area contributed by atoms with Crippen molar-refractivity contribution in [2.75, 3.05) is 6.54 Å². The molecule has 2 N–H and O–H groups in total. The van der Waals surface area contributed by atoms with E-state index in [9.17, 15) is 8.63 Å². The summed E-state index contributed by atoms with van der Waals surface area (Å²) in [4.78, 5) is 11.6. The van der Waals surface area contributed by atoms with Gasteiger partial charge in [0.15, 0.2) is 0 Å². The Labute approximate surface area is 92.7 Å². The number of amides is 1.